The monoisotopic (exact) mass is 546 g/mol. The molecule has 1 amide bonds. The summed E-state index contributed by atoms with van der Waals surface area (Å²) in [5, 5.41) is 0.0786. The van der Waals surface area contributed by atoms with Crippen molar-refractivity contribution in [3.8, 4) is 11.5 Å². The number of allylic oxidation sites excluding steroid dienone is 3. The van der Waals surface area contributed by atoms with Crippen LogP contribution in [0, 0.1) is 0 Å². The van der Waals surface area contributed by atoms with Crippen molar-refractivity contribution in [2.45, 2.75) is 57.2 Å². The Bertz CT molecular complexity index is 892. The van der Waals surface area contributed by atoms with E-state index in [1.54, 1.807) is 12.0 Å². The Labute approximate surface area is 219 Å². The van der Waals surface area contributed by atoms with E-state index < -0.39 is 17.3 Å². The number of methoxy groups -OCH3 is 1. The highest BCUT2D eigenvalue weighted by Crippen LogP contribution is 2.27. The van der Waals surface area contributed by atoms with Gasteiger partial charge in [0.15, 0.2) is 0 Å². The Balaban J connectivity index is 0.000000458. The summed E-state index contributed by atoms with van der Waals surface area (Å²) in [6, 6.07) is 5.34. The van der Waals surface area contributed by atoms with Gasteiger partial charge in [0.25, 0.3) is 0 Å². The minimum atomic E-state index is -4.71. The molecule has 208 valence electrons. The van der Waals surface area contributed by atoms with Gasteiger partial charge in [-0.3, -0.25) is 4.79 Å². The van der Waals surface area contributed by atoms with Crippen LogP contribution >= 0.6 is 0 Å². The predicted molar refractivity (Wildman–Crippen MR) is 138 cm³/mol. The number of benzene rings is 1. The Hall–Kier alpha value is -2.37. The SMILES string of the molecule is C/C=C\C=C(/C)COC.O=CN1CCC(S(=O)N2CCC(Oc3ccc(OC(F)(F)F)cc3)CC2)CC1. The van der Waals surface area contributed by atoms with Gasteiger partial charge in [-0.1, -0.05) is 18.2 Å². The summed E-state index contributed by atoms with van der Waals surface area (Å²) >= 11 is 0. The van der Waals surface area contributed by atoms with Gasteiger partial charge in [0.2, 0.25) is 6.41 Å². The smallest absolute Gasteiger partial charge is 0.490 e. The first-order valence-electron chi connectivity index (χ1n) is 12.3. The van der Waals surface area contributed by atoms with Crippen molar-refractivity contribution >= 4 is 17.4 Å². The second-order valence-corrected chi connectivity index (χ2v) is 10.6. The molecular weight excluding hydrogens is 509 g/mol. The topological polar surface area (TPSA) is 68.3 Å². The van der Waals surface area contributed by atoms with E-state index in [2.05, 4.69) is 4.74 Å². The maximum atomic E-state index is 12.7. The summed E-state index contributed by atoms with van der Waals surface area (Å²) in [7, 11) is 0.629. The molecular formula is C26H37F3N2O5S. The highest BCUT2D eigenvalue weighted by atomic mass is 32.2. The molecule has 37 heavy (non-hydrogen) atoms. The van der Waals surface area contributed by atoms with Crippen molar-refractivity contribution in [2.24, 2.45) is 0 Å². The molecule has 0 spiro atoms. The minimum Gasteiger partial charge on any atom is -0.490 e. The number of rotatable bonds is 9. The zero-order valence-corrected chi connectivity index (χ0v) is 22.4. The molecule has 3 rings (SSSR count). The average molecular weight is 547 g/mol. The number of likely N-dealkylation sites (tertiary alicyclic amines) is 1. The van der Waals surface area contributed by atoms with Crippen molar-refractivity contribution < 1.29 is 36.4 Å². The van der Waals surface area contributed by atoms with Crippen LogP contribution in [-0.4, -0.2) is 77.4 Å². The molecule has 0 saturated carbocycles. The quantitative estimate of drug-likeness (QED) is 0.327. The number of amides is 1. The van der Waals surface area contributed by atoms with Gasteiger partial charge in [0, 0.05) is 33.3 Å². The van der Waals surface area contributed by atoms with E-state index in [9.17, 15) is 22.2 Å². The number of carbonyl (C=O) groups is 1. The number of halogens is 3. The summed E-state index contributed by atoms with van der Waals surface area (Å²) in [4.78, 5) is 12.5. The lowest BCUT2D eigenvalue weighted by molar-refractivity contribution is -0.274. The van der Waals surface area contributed by atoms with Gasteiger partial charge in [-0.2, -0.15) is 0 Å². The second kappa shape index (κ2) is 15.8. The summed E-state index contributed by atoms with van der Waals surface area (Å²) in [5.74, 6) is 0.195. The molecule has 2 fully saturated rings. The number of ether oxygens (including phenoxy) is 3. The molecule has 0 aliphatic carbocycles. The number of nitrogens with zero attached hydrogens (tertiary/aromatic N) is 2. The summed E-state index contributed by atoms with van der Waals surface area (Å²) in [6.07, 6.45) is 4.98. The second-order valence-electron chi connectivity index (χ2n) is 8.85. The molecule has 2 aliphatic rings. The Kier molecular flexibility index (Phi) is 13.2. The number of piperidine rings is 2. The number of hydrogen-bond donors (Lipinski definition) is 0. The minimum absolute atomic E-state index is 0.0699. The van der Waals surface area contributed by atoms with E-state index in [0.29, 0.717) is 44.8 Å². The van der Waals surface area contributed by atoms with Gasteiger partial charge in [-0.05, 0) is 69.4 Å². The summed E-state index contributed by atoms with van der Waals surface area (Å²) < 4.78 is 65.8. The lowest BCUT2D eigenvalue weighted by atomic mass is 10.1. The summed E-state index contributed by atoms with van der Waals surface area (Å²) in [6.45, 7) is 7.34. The first-order valence-corrected chi connectivity index (χ1v) is 13.5. The molecule has 0 aromatic heterocycles. The van der Waals surface area contributed by atoms with Crippen LogP contribution < -0.4 is 9.47 Å². The molecule has 1 aromatic carbocycles. The maximum absolute atomic E-state index is 12.7. The van der Waals surface area contributed by atoms with Gasteiger partial charge >= 0.3 is 6.36 Å². The fourth-order valence-corrected chi connectivity index (χ4v) is 5.58. The molecule has 0 N–H and O–H groups in total. The Morgan fingerprint density at radius 2 is 1.65 bits per heavy atom. The van der Waals surface area contributed by atoms with Crippen LogP contribution in [0.2, 0.25) is 0 Å². The van der Waals surface area contributed by atoms with E-state index in [4.69, 9.17) is 9.47 Å². The van der Waals surface area contributed by atoms with Crippen LogP contribution in [0.3, 0.4) is 0 Å². The first kappa shape index (κ1) is 30.9. The standard InChI is InChI=1S/C18H23F3N2O4S.C8H14O/c19-18(20,21)27-16-3-1-14(2-4-16)26-15-5-11-23(12-6-15)28(25)17-7-9-22(13-24)10-8-17;1-4-5-6-8(2)7-9-3/h1-4,13,15,17H,5-12H2;4-6H,7H2,1-3H3/b;5-4-,8-6+. The zero-order valence-electron chi connectivity index (χ0n) is 21.6. The van der Waals surface area contributed by atoms with Gasteiger partial charge in [-0.25, -0.2) is 8.51 Å². The molecule has 2 saturated heterocycles. The van der Waals surface area contributed by atoms with Gasteiger partial charge < -0.3 is 19.1 Å². The molecule has 11 heteroatoms. The zero-order chi connectivity index (χ0) is 27.3. The average Bonchev–Trinajstić information content (AvgIpc) is 2.88. The molecule has 2 heterocycles. The van der Waals surface area contributed by atoms with Crippen LogP contribution in [-0.2, 0) is 20.5 Å². The third-order valence-corrected chi connectivity index (χ3v) is 7.79. The highest BCUT2D eigenvalue weighted by Gasteiger charge is 2.32. The van der Waals surface area contributed by atoms with Crippen molar-refractivity contribution in [1.29, 1.82) is 0 Å². The van der Waals surface area contributed by atoms with Crippen LogP contribution in [0.25, 0.3) is 0 Å². The van der Waals surface area contributed by atoms with Gasteiger partial charge in [0.1, 0.15) is 17.6 Å². The fraction of sp³-hybridized carbons (Fsp3) is 0.577. The lowest BCUT2D eigenvalue weighted by Gasteiger charge is -2.35. The van der Waals surface area contributed by atoms with Crippen LogP contribution in [0.15, 0.2) is 48.1 Å². The molecule has 1 atom stereocenters. The number of alkyl halides is 3. The van der Waals surface area contributed by atoms with Crippen molar-refractivity contribution in [2.75, 3.05) is 39.9 Å². The van der Waals surface area contributed by atoms with E-state index in [1.807, 2.05) is 36.4 Å². The van der Waals surface area contributed by atoms with E-state index in [-0.39, 0.29) is 17.1 Å². The Morgan fingerprint density at radius 1 is 1.05 bits per heavy atom. The van der Waals surface area contributed by atoms with Crippen molar-refractivity contribution in [3.05, 3.63) is 48.1 Å². The third-order valence-electron chi connectivity index (χ3n) is 5.87. The van der Waals surface area contributed by atoms with Crippen LogP contribution in [0.5, 0.6) is 11.5 Å². The molecule has 1 aromatic rings. The maximum Gasteiger partial charge on any atom is 0.573 e. The van der Waals surface area contributed by atoms with E-state index in [1.165, 1.54) is 29.8 Å². The Morgan fingerprint density at radius 3 is 2.16 bits per heavy atom. The van der Waals surface area contributed by atoms with Crippen LogP contribution in [0.1, 0.15) is 39.5 Å². The van der Waals surface area contributed by atoms with Crippen molar-refractivity contribution in [1.82, 2.24) is 9.21 Å². The van der Waals surface area contributed by atoms with E-state index in [0.717, 1.165) is 25.9 Å². The first-order chi connectivity index (χ1) is 17.6. The lowest BCUT2D eigenvalue weighted by Crippen LogP contribution is -2.45. The molecule has 7 nitrogen and oxygen atoms in total. The summed E-state index contributed by atoms with van der Waals surface area (Å²) in [5.41, 5.74) is 1.25. The normalized spacial score (nSPS) is 19.3. The molecule has 0 radical (unpaired) electrons. The predicted octanol–water partition coefficient (Wildman–Crippen LogP) is 4.87. The largest absolute Gasteiger partial charge is 0.573 e. The number of hydrogen-bond acceptors (Lipinski definition) is 5. The molecule has 0 bridgehead atoms. The van der Waals surface area contributed by atoms with E-state index >= 15 is 0 Å². The highest BCUT2D eigenvalue weighted by molar-refractivity contribution is 7.83. The van der Waals surface area contributed by atoms with Crippen LogP contribution in [0.4, 0.5) is 13.2 Å². The van der Waals surface area contributed by atoms with Gasteiger partial charge in [-0.15, -0.1) is 13.2 Å². The number of carbonyl (C=O) groups excluding carboxylic acids is 1. The third kappa shape index (κ3) is 11.7. The molecule has 1 unspecified atom stereocenters. The van der Waals surface area contributed by atoms with Crippen molar-refractivity contribution in [3.63, 3.8) is 0 Å². The molecule has 2 aliphatic heterocycles. The fourth-order valence-electron chi connectivity index (χ4n) is 3.97. The van der Waals surface area contributed by atoms with Gasteiger partial charge in [0.05, 0.1) is 22.8 Å².